The van der Waals surface area contributed by atoms with Crippen molar-refractivity contribution >= 4 is 28.3 Å². The number of carbonyl (C=O) groups is 1. The van der Waals surface area contributed by atoms with E-state index in [4.69, 9.17) is 4.42 Å². The highest BCUT2D eigenvalue weighted by atomic mass is 19.1. The third-order valence-corrected chi connectivity index (χ3v) is 4.82. The van der Waals surface area contributed by atoms with Crippen molar-refractivity contribution in [3.63, 3.8) is 0 Å². The molecule has 6 nitrogen and oxygen atoms in total. The molecule has 0 aliphatic heterocycles. The molecule has 4 aromatic rings. The minimum absolute atomic E-state index is 0.0439. The molecule has 0 unspecified atom stereocenters. The van der Waals surface area contributed by atoms with Gasteiger partial charge in [-0.1, -0.05) is 24.3 Å². The molecule has 156 valence electrons. The number of aliphatic hydroxyl groups is 1. The number of hydrogen-bond acceptors (Lipinski definition) is 5. The number of anilines is 1. The monoisotopic (exact) mass is 417 g/mol. The molecule has 0 fully saturated rings. The Balaban J connectivity index is 1.94. The Morgan fingerprint density at radius 1 is 1.16 bits per heavy atom. The maximum atomic E-state index is 14.1. The van der Waals surface area contributed by atoms with Crippen molar-refractivity contribution in [2.45, 2.75) is 20.5 Å². The normalized spacial score (nSPS) is 11.7. The first-order valence-corrected chi connectivity index (χ1v) is 9.66. The van der Waals surface area contributed by atoms with Gasteiger partial charge in [0.15, 0.2) is 5.58 Å². The Morgan fingerprint density at radius 2 is 1.97 bits per heavy atom. The molecule has 0 saturated carbocycles. The summed E-state index contributed by atoms with van der Waals surface area (Å²) in [5.41, 5.74) is 3.33. The van der Waals surface area contributed by atoms with Gasteiger partial charge in [0.05, 0.1) is 23.7 Å². The van der Waals surface area contributed by atoms with E-state index in [1.807, 2.05) is 25.1 Å². The first-order valence-electron chi connectivity index (χ1n) is 9.66. The maximum absolute atomic E-state index is 14.1. The lowest BCUT2D eigenvalue weighted by molar-refractivity contribution is 0.102. The zero-order valence-electron chi connectivity index (χ0n) is 17.0. The Morgan fingerprint density at radius 3 is 2.71 bits per heavy atom. The molecular weight excluding hydrogens is 397 g/mol. The third kappa shape index (κ3) is 4.22. The molecule has 2 heterocycles. The van der Waals surface area contributed by atoms with E-state index in [2.05, 4.69) is 15.3 Å². The number of aromatic nitrogens is 1. The minimum atomic E-state index is -0.583. The van der Waals surface area contributed by atoms with Crippen LogP contribution in [0, 0.1) is 19.7 Å². The van der Waals surface area contributed by atoms with Gasteiger partial charge in [0.25, 0.3) is 5.91 Å². The summed E-state index contributed by atoms with van der Waals surface area (Å²) in [6.45, 7) is 3.43. The number of rotatable bonds is 4. The van der Waals surface area contributed by atoms with E-state index >= 15 is 0 Å². The second-order valence-corrected chi connectivity index (χ2v) is 7.12. The van der Waals surface area contributed by atoms with Crippen LogP contribution < -0.4 is 10.9 Å². The molecule has 0 bridgehead atoms. The van der Waals surface area contributed by atoms with Crippen LogP contribution in [-0.4, -0.2) is 16.0 Å². The van der Waals surface area contributed by atoms with Gasteiger partial charge in [-0.2, -0.15) is 0 Å². The number of fused-ring (bicyclic) bond motifs is 1. The quantitative estimate of drug-likeness (QED) is 0.510. The molecule has 0 radical (unpaired) electrons. The van der Waals surface area contributed by atoms with Gasteiger partial charge in [-0.3, -0.25) is 9.78 Å². The van der Waals surface area contributed by atoms with Crippen LogP contribution in [0.4, 0.5) is 15.8 Å². The van der Waals surface area contributed by atoms with E-state index in [1.165, 1.54) is 24.4 Å². The number of amides is 1. The number of pyridine rings is 1. The van der Waals surface area contributed by atoms with Crippen molar-refractivity contribution in [1.82, 2.24) is 4.98 Å². The molecule has 2 N–H and O–H groups in total. The zero-order valence-corrected chi connectivity index (χ0v) is 17.0. The minimum Gasteiger partial charge on any atom is -0.436 e. The molecule has 0 saturated heterocycles. The van der Waals surface area contributed by atoms with Gasteiger partial charge in [-0.15, -0.1) is 0 Å². The van der Waals surface area contributed by atoms with Gasteiger partial charge >= 0.3 is 0 Å². The molecule has 2 aromatic carbocycles. The number of aryl methyl sites for hydroxylation is 2. The largest absolute Gasteiger partial charge is 0.436 e. The SMILES string of the molecule is Cc1cccc(N=c2oc3c(C)ncc(CO)c3cc2C(=O)Nc2ccccc2F)c1. The highest BCUT2D eigenvalue weighted by molar-refractivity contribution is 6.05. The van der Waals surface area contributed by atoms with Crippen LogP contribution in [-0.2, 0) is 6.61 Å². The molecule has 2 aromatic heterocycles. The molecule has 7 heteroatoms. The van der Waals surface area contributed by atoms with Gasteiger partial charge in [-0.05, 0) is 49.7 Å². The summed E-state index contributed by atoms with van der Waals surface area (Å²) in [4.78, 5) is 21.9. The number of halogens is 1. The van der Waals surface area contributed by atoms with Crippen molar-refractivity contribution in [3.05, 3.63) is 94.5 Å². The number of nitrogens with one attached hydrogen (secondary N) is 1. The fraction of sp³-hybridized carbons (Fsp3) is 0.125. The predicted molar refractivity (Wildman–Crippen MR) is 115 cm³/mol. The van der Waals surface area contributed by atoms with Crippen LogP contribution >= 0.6 is 0 Å². The van der Waals surface area contributed by atoms with Crippen LogP contribution in [0.3, 0.4) is 0 Å². The van der Waals surface area contributed by atoms with E-state index < -0.39 is 11.7 Å². The average molecular weight is 417 g/mol. The standard InChI is InChI=1S/C24H20FN3O3/c1-14-6-5-7-17(10-14)27-24-19(23(30)28-21-9-4-3-8-20(21)25)11-18-16(13-29)12-26-15(2)22(18)31-24/h3-12,29H,13H2,1-2H3,(H,28,30). The highest BCUT2D eigenvalue weighted by Gasteiger charge is 2.17. The summed E-state index contributed by atoms with van der Waals surface area (Å²) >= 11 is 0. The maximum Gasteiger partial charge on any atom is 0.261 e. The lowest BCUT2D eigenvalue weighted by atomic mass is 10.1. The van der Waals surface area contributed by atoms with Gasteiger partial charge in [0, 0.05) is 17.1 Å². The lowest BCUT2D eigenvalue weighted by Crippen LogP contribution is -2.22. The smallest absolute Gasteiger partial charge is 0.261 e. The van der Waals surface area contributed by atoms with E-state index in [1.54, 1.807) is 25.1 Å². The van der Waals surface area contributed by atoms with Gasteiger partial charge in [0.1, 0.15) is 11.4 Å². The molecule has 0 aliphatic rings. The number of carbonyl (C=O) groups excluding carboxylic acids is 1. The Labute approximate surface area is 177 Å². The van der Waals surface area contributed by atoms with Crippen molar-refractivity contribution in [1.29, 1.82) is 0 Å². The third-order valence-electron chi connectivity index (χ3n) is 4.82. The summed E-state index contributed by atoms with van der Waals surface area (Å²) in [5, 5.41) is 12.8. The van der Waals surface area contributed by atoms with Crippen molar-refractivity contribution in [2.75, 3.05) is 5.32 Å². The molecule has 4 rings (SSSR count). The van der Waals surface area contributed by atoms with Crippen LogP contribution in [0.5, 0.6) is 0 Å². The van der Waals surface area contributed by atoms with Crippen molar-refractivity contribution in [2.24, 2.45) is 4.99 Å². The number of hydrogen-bond donors (Lipinski definition) is 2. The molecular formula is C24H20FN3O3. The van der Waals surface area contributed by atoms with E-state index in [-0.39, 0.29) is 23.4 Å². The molecule has 0 aliphatic carbocycles. The van der Waals surface area contributed by atoms with E-state index in [0.29, 0.717) is 27.9 Å². The summed E-state index contributed by atoms with van der Waals surface area (Å²) in [6.07, 6.45) is 1.53. The molecule has 0 atom stereocenters. The molecule has 1 amide bonds. The summed E-state index contributed by atoms with van der Waals surface area (Å²) in [7, 11) is 0. The van der Waals surface area contributed by atoms with Gasteiger partial charge in [0.2, 0.25) is 5.55 Å². The van der Waals surface area contributed by atoms with Gasteiger partial charge < -0.3 is 14.8 Å². The first kappa shape index (κ1) is 20.4. The van der Waals surface area contributed by atoms with Crippen LogP contribution in [0.25, 0.3) is 11.0 Å². The number of aliphatic hydroxyl groups excluding tert-OH is 1. The van der Waals surface area contributed by atoms with E-state index in [9.17, 15) is 14.3 Å². The van der Waals surface area contributed by atoms with Crippen molar-refractivity contribution < 1.29 is 18.7 Å². The van der Waals surface area contributed by atoms with Crippen LogP contribution in [0.15, 0.2) is 70.2 Å². The second-order valence-electron chi connectivity index (χ2n) is 7.12. The Bertz CT molecular complexity index is 1360. The average Bonchev–Trinajstić information content (AvgIpc) is 2.75. The Hall–Kier alpha value is -3.84. The lowest BCUT2D eigenvalue weighted by Gasteiger charge is -2.10. The fourth-order valence-corrected chi connectivity index (χ4v) is 3.23. The molecule has 0 spiro atoms. The summed E-state index contributed by atoms with van der Waals surface area (Å²) in [6, 6.07) is 14.9. The Kier molecular flexibility index (Phi) is 5.60. The van der Waals surface area contributed by atoms with Crippen LogP contribution in [0.1, 0.15) is 27.2 Å². The topological polar surface area (TPSA) is 87.7 Å². The molecule has 31 heavy (non-hydrogen) atoms. The summed E-state index contributed by atoms with van der Waals surface area (Å²) < 4.78 is 20.1. The number of benzene rings is 2. The predicted octanol–water partition coefficient (Wildman–Crippen LogP) is 4.56. The zero-order chi connectivity index (χ0) is 22.0. The number of nitrogens with zero attached hydrogens (tertiary/aromatic N) is 2. The van der Waals surface area contributed by atoms with E-state index in [0.717, 1.165) is 5.56 Å². The van der Waals surface area contributed by atoms with Crippen LogP contribution in [0.2, 0.25) is 0 Å². The summed E-state index contributed by atoms with van der Waals surface area (Å²) in [5.74, 6) is -1.14. The highest BCUT2D eigenvalue weighted by Crippen LogP contribution is 2.22. The van der Waals surface area contributed by atoms with Gasteiger partial charge in [-0.25, -0.2) is 9.38 Å². The first-order chi connectivity index (χ1) is 15.0. The number of para-hydroxylation sites is 1. The fourth-order valence-electron chi connectivity index (χ4n) is 3.23. The second kappa shape index (κ2) is 8.49. The van der Waals surface area contributed by atoms with Crippen molar-refractivity contribution in [3.8, 4) is 0 Å².